The average molecular weight is 252 g/mol. The third kappa shape index (κ3) is 3.61. The molecule has 0 radical (unpaired) electrons. The molecule has 0 bridgehead atoms. The zero-order valence-electron chi connectivity index (χ0n) is 10.3. The number of aromatic amines is 1. The molecule has 98 valence electrons. The Morgan fingerprint density at radius 1 is 1.56 bits per heavy atom. The van der Waals surface area contributed by atoms with Crippen molar-refractivity contribution in [1.29, 1.82) is 5.41 Å². The molecule has 0 unspecified atom stereocenters. The van der Waals surface area contributed by atoms with Crippen LogP contribution in [0.3, 0.4) is 0 Å². The number of nitrogens with two attached hydrogens (primary N) is 1. The van der Waals surface area contributed by atoms with Gasteiger partial charge < -0.3 is 5.73 Å². The number of unbranched alkanes of at least 4 members (excludes halogenated alkanes) is 1. The summed E-state index contributed by atoms with van der Waals surface area (Å²) in [6.45, 7) is 4.23. The van der Waals surface area contributed by atoms with Crippen LogP contribution in [0.1, 0.15) is 37.2 Å². The van der Waals surface area contributed by atoms with Crippen LogP contribution in [0.4, 0.5) is 5.82 Å². The number of nitrogens with one attached hydrogen (secondary N) is 2. The minimum atomic E-state index is -0.732. The summed E-state index contributed by atoms with van der Waals surface area (Å²) in [5.74, 6) is -0.453. The smallest absolute Gasteiger partial charge is 0.273 e. The van der Waals surface area contributed by atoms with Gasteiger partial charge in [-0.2, -0.15) is 5.21 Å². The highest BCUT2D eigenvalue weighted by atomic mass is 16.1. The number of aromatic nitrogens is 3. The molecule has 9 heteroatoms. The summed E-state index contributed by atoms with van der Waals surface area (Å²) in [4.78, 5) is 11.0. The number of amidine groups is 1. The maximum atomic E-state index is 11.0. The van der Waals surface area contributed by atoms with E-state index in [0.29, 0.717) is 6.54 Å². The van der Waals surface area contributed by atoms with Crippen LogP contribution in [-0.4, -0.2) is 38.7 Å². The van der Waals surface area contributed by atoms with Crippen LogP contribution in [0.15, 0.2) is 10.3 Å². The first-order valence-corrected chi connectivity index (χ1v) is 5.51. The number of carbonyl (C=O) groups excluding carboxylic acids is 1. The predicted molar refractivity (Wildman–Crippen MR) is 64.4 cm³/mol. The van der Waals surface area contributed by atoms with Crippen LogP contribution in [0, 0.1) is 5.41 Å². The largest absolute Gasteiger partial charge is 0.364 e. The zero-order valence-corrected chi connectivity index (χ0v) is 10.3. The molecule has 0 saturated heterocycles. The van der Waals surface area contributed by atoms with Gasteiger partial charge in [-0.15, -0.1) is 15.3 Å². The van der Waals surface area contributed by atoms with Crippen molar-refractivity contribution in [3.63, 3.8) is 0 Å². The van der Waals surface area contributed by atoms with E-state index in [1.807, 2.05) is 6.92 Å². The predicted octanol–water partition coefficient (Wildman–Crippen LogP) is 1.00. The van der Waals surface area contributed by atoms with E-state index in [9.17, 15) is 4.79 Å². The normalized spacial score (nSPS) is 10.8. The van der Waals surface area contributed by atoms with Gasteiger partial charge in [0, 0.05) is 6.54 Å². The lowest BCUT2D eigenvalue weighted by atomic mass is 10.3. The molecule has 1 aromatic rings. The van der Waals surface area contributed by atoms with Gasteiger partial charge in [-0.25, -0.2) is 5.01 Å². The van der Waals surface area contributed by atoms with Crippen molar-refractivity contribution in [2.75, 3.05) is 6.54 Å². The van der Waals surface area contributed by atoms with E-state index in [4.69, 9.17) is 11.1 Å². The van der Waals surface area contributed by atoms with E-state index in [0.717, 1.165) is 12.8 Å². The van der Waals surface area contributed by atoms with Crippen molar-refractivity contribution in [2.24, 2.45) is 16.1 Å². The number of carbonyl (C=O) groups is 1. The van der Waals surface area contributed by atoms with Crippen LogP contribution >= 0.6 is 0 Å². The standard InChI is InChI=1S/C9H16N8O/c1-3-4-5-17(6(2)10)16-14-9-7(8(11)18)12-15-13-9/h10H,3-5H2,1-2H3,(H2,11,18)(H,12,13,15). The molecule has 0 aromatic carbocycles. The fourth-order valence-corrected chi connectivity index (χ4v) is 1.14. The van der Waals surface area contributed by atoms with Gasteiger partial charge in [0.25, 0.3) is 5.91 Å². The van der Waals surface area contributed by atoms with Crippen molar-refractivity contribution < 1.29 is 4.79 Å². The Morgan fingerprint density at radius 2 is 2.28 bits per heavy atom. The molecule has 1 aromatic heterocycles. The Bertz CT molecular complexity index is 451. The number of nitrogens with zero attached hydrogens (tertiary/aromatic N) is 5. The maximum Gasteiger partial charge on any atom is 0.273 e. The molecular formula is C9H16N8O. The van der Waals surface area contributed by atoms with Gasteiger partial charge in [0.15, 0.2) is 5.69 Å². The molecule has 1 heterocycles. The molecular weight excluding hydrogens is 236 g/mol. The van der Waals surface area contributed by atoms with Gasteiger partial charge in [0.1, 0.15) is 5.84 Å². The second kappa shape index (κ2) is 6.42. The highest BCUT2D eigenvalue weighted by Gasteiger charge is 2.13. The Hall–Kier alpha value is -2.32. The highest BCUT2D eigenvalue weighted by Crippen LogP contribution is 2.12. The monoisotopic (exact) mass is 252 g/mol. The molecule has 0 atom stereocenters. The van der Waals surface area contributed by atoms with Crippen molar-refractivity contribution in [1.82, 2.24) is 20.4 Å². The summed E-state index contributed by atoms with van der Waals surface area (Å²) in [5.41, 5.74) is 5.01. The summed E-state index contributed by atoms with van der Waals surface area (Å²) in [7, 11) is 0. The van der Waals surface area contributed by atoms with Crippen molar-refractivity contribution in [3.05, 3.63) is 5.69 Å². The molecule has 0 saturated carbocycles. The number of amides is 1. The SMILES string of the molecule is CCCCN(N=Nc1n[nH]nc1C(N)=O)C(C)=N. The average Bonchev–Trinajstić information content (AvgIpc) is 2.77. The summed E-state index contributed by atoms with van der Waals surface area (Å²) in [5, 5.41) is 26.0. The molecule has 1 amide bonds. The van der Waals surface area contributed by atoms with Crippen molar-refractivity contribution >= 4 is 17.6 Å². The Kier molecular flexibility index (Phi) is 4.90. The fraction of sp³-hybridized carbons (Fsp3) is 0.556. The van der Waals surface area contributed by atoms with Gasteiger partial charge in [-0.1, -0.05) is 18.6 Å². The molecule has 1 rings (SSSR count). The Balaban J connectivity index is 2.79. The quantitative estimate of drug-likeness (QED) is 0.301. The second-order valence-corrected chi connectivity index (χ2v) is 3.61. The summed E-state index contributed by atoms with van der Waals surface area (Å²) in [6.07, 6.45) is 1.87. The topological polar surface area (TPSA) is 136 Å². The molecule has 0 aliphatic carbocycles. The maximum absolute atomic E-state index is 11.0. The molecule has 0 spiro atoms. The number of hydrogen-bond donors (Lipinski definition) is 3. The first-order chi connectivity index (χ1) is 8.56. The minimum Gasteiger partial charge on any atom is -0.364 e. The Labute approximate surface area is 104 Å². The van der Waals surface area contributed by atoms with E-state index in [1.54, 1.807) is 6.92 Å². The van der Waals surface area contributed by atoms with Crippen LogP contribution < -0.4 is 5.73 Å². The van der Waals surface area contributed by atoms with Gasteiger partial charge in [-0.3, -0.25) is 10.2 Å². The first-order valence-electron chi connectivity index (χ1n) is 5.51. The lowest BCUT2D eigenvalue weighted by Crippen LogP contribution is -2.22. The van der Waals surface area contributed by atoms with Crippen molar-refractivity contribution in [3.8, 4) is 0 Å². The van der Waals surface area contributed by atoms with Gasteiger partial charge in [0.2, 0.25) is 5.82 Å². The van der Waals surface area contributed by atoms with E-state index < -0.39 is 5.91 Å². The van der Waals surface area contributed by atoms with Crippen LogP contribution in [-0.2, 0) is 0 Å². The van der Waals surface area contributed by atoms with E-state index >= 15 is 0 Å². The van der Waals surface area contributed by atoms with Crippen LogP contribution in [0.2, 0.25) is 0 Å². The first kappa shape index (κ1) is 13.7. The van der Waals surface area contributed by atoms with Gasteiger partial charge >= 0.3 is 0 Å². The molecule has 9 nitrogen and oxygen atoms in total. The lowest BCUT2D eigenvalue weighted by Gasteiger charge is -2.14. The molecule has 0 aliphatic heterocycles. The lowest BCUT2D eigenvalue weighted by molar-refractivity contribution is 0.0996. The van der Waals surface area contributed by atoms with E-state index in [-0.39, 0.29) is 17.3 Å². The number of H-pyrrole nitrogens is 1. The highest BCUT2D eigenvalue weighted by molar-refractivity contribution is 5.94. The summed E-state index contributed by atoms with van der Waals surface area (Å²) in [6, 6.07) is 0. The zero-order chi connectivity index (χ0) is 13.5. The Morgan fingerprint density at radius 3 is 2.83 bits per heavy atom. The molecule has 0 fully saturated rings. The number of rotatable bonds is 6. The third-order valence-electron chi connectivity index (χ3n) is 2.12. The number of primary amides is 1. The second-order valence-electron chi connectivity index (χ2n) is 3.61. The third-order valence-corrected chi connectivity index (χ3v) is 2.12. The minimum absolute atomic E-state index is 0.0187. The summed E-state index contributed by atoms with van der Waals surface area (Å²) < 4.78 is 0. The van der Waals surface area contributed by atoms with Crippen molar-refractivity contribution in [2.45, 2.75) is 26.7 Å². The molecule has 18 heavy (non-hydrogen) atoms. The van der Waals surface area contributed by atoms with Gasteiger partial charge in [-0.05, 0) is 13.3 Å². The van der Waals surface area contributed by atoms with E-state index in [2.05, 4.69) is 25.7 Å². The number of hydrogen-bond acceptors (Lipinski definition) is 6. The van der Waals surface area contributed by atoms with Crippen LogP contribution in [0.25, 0.3) is 0 Å². The summed E-state index contributed by atoms with van der Waals surface area (Å²) >= 11 is 0. The van der Waals surface area contributed by atoms with E-state index in [1.165, 1.54) is 5.01 Å². The van der Waals surface area contributed by atoms with Gasteiger partial charge in [0.05, 0.1) is 0 Å². The van der Waals surface area contributed by atoms with Crippen LogP contribution in [0.5, 0.6) is 0 Å². The molecule has 0 aliphatic rings. The molecule has 4 N–H and O–H groups in total. The fourth-order valence-electron chi connectivity index (χ4n) is 1.14.